The number of anilines is 1. The van der Waals surface area contributed by atoms with Crippen molar-refractivity contribution in [3.63, 3.8) is 0 Å². The number of hydrogen-bond acceptors (Lipinski definition) is 4. The van der Waals surface area contributed by atoms with Gasteiger partial charge in [-0.2, -0.15) is 0 Å². The molecule has 0 aliphatic heterocycles. The Labute approximate surface area is 97.5 Å². The van der Waals surface area contributed by atoms with Gasteiger partial charge in [0.15, 0.2) is 0 Å². The van der Waals surface area contributed by atoms with Crippen molar-refractivity contribution in [2.45, 2.75) is 17.6 Å². The van der Waals surface area contributed by atoms with Crippen LogP contribution in [-0.4, -0.2) is 4.98 Å². The highest BCUT2D eigenvalue weighted by molar-refractivity contribution is 7.98. The zero-order chi connectivity index (χ0) is 10.7. The minimum absolute atomic E-state index is 0.815. The van der Waals surface area contributed by atoms with Crippen LogP contribution in [0.15, 0.2) is 34.5 Å². The second kappa shape index (κ2) is 4.68. The van der Waals surface area contributed by atoms with Crippen molar-refractivity contribution in [2.24, 2.45) is 0 Å². The fraction of sp³-hybridized carbons (Fsp3) is 0.182. The van der Waals surface area contributed by atoms with Crippen LogP contribution in [-0.2, 0) is 5.75 Å². The molecule has 0 bridgehead atoms. The van der Waals surface area contributed by atoms with Crippen LogP contribution in [0.5, 0.6) is 0 Å². The predicted molar refractivity (Wildman–Crippen MR) is 67.3 cm³/mol. The van der Waals surface area contributed by atoms with Crippen molar-refractivity contribution >= 4 is 28.8 Å². The Balaban J connectivity index is 1.99. The molecule has 2 rings (SSSR count). The molecular formula is C11H12N2S2. The molecule has 0 aliphatic carbocycles. The molecule has 0 fully saturated rings. The molecule has 78 valence electrons. The van der Waals surface area contributed by atoms with Crippen LogP contribution < -0.4 is 5.73 Å². The molecule has 0 spiro atoms. The summed E-state index contributed by atoms with van der Waals surface area (Å²) in [5.74, 6) is 0.919. The van der Waals surface area contributed by atoms with E-state index in [1.165, 1.54) is 9.90 Å². The topological polar surface area (TPSA) is 38.9 Å². The van der Waals surface area contributed by atoms with E-state index in [1.807, 2.05) is 25.1 Å². The number of nitrogens with zero attached hydrogens (tertiary/aromatic N) is 1. The van der Waals surface area contributed by atoms with Crippen molar-refractivity contribution < 1.29 is 0 Å². The maximum atomic E-state index is 5.71. The molecule has 2 aromatic rings. The molecule has 2 N–H and O–H groups in total. The molecule has 2 nitrogen and oxygen atoms in total. The lowest BCUT2D eigenvalue weighted by molar-refractivity contribution is 1.18. The van der Waals surface area contributed by atoms with Gasteiger partial charge in [0.1, 0.15) is 5.01 Å². The normalized spacial score (nSPS) is 10.5. The minimum atomic E-state index is 0.815. The highest BCUT2D eigenvalue weighted by Crippen LogP contribution is 2.25. The summed E-state index contributed by atoms with van der Waals surface area (Å²) < 4.78 is 0. The summed E-state index contributed by atoms with van der Waals surface area (Å²) in [6, 6.07) is 7.94. The molecule has 0 radical (unpaired) electrons. The smallest absolute Gasteiger partial charge is 0.103 e. The van der Waals surface area contributed by atoms with Gasteiger partial charge < -0.3 is 5.73 Å². The Hall–Kier alpha value is -1.00. The lowest BCUT2D eigenvalue weighted by Crippen LogP contribution is -1.84. The van der Waals surface area contributed by atoms with E-state index in [2.05, 4.69) is 16.4 Å². The van der Waals surface area contributed by atoms with Crippen LogP contribution in [0.2, 0.25) is 0 Å². The van der Waals surface area contributed by atoms with Crippen LogP contribution in [0.4, 0.5) is 5.69 Å². The molecule has 15 heavy (non-hydrogen) atoms. The van der Waals surface area contributed by atoms with E-state index in [1.54, 1.807) is 23.1 Å². The summed E-state index contributed by atoms with van der Waals surface area (Å²) in [5, 5.41) is 3.25. The fourth-order valence-electron chi connectivity index (χ4n) is 1.22. The fourth-order valence-corrected chi connectivity index (χ4v) is 2.97. The van der Waals surface area contributed by atoms with Crippen LogP contribution >= 0.6 is 23.1 Å². The van der Waals surface area contributed by atoms with Gasteiger partial charge in [0.25, 0.3) is 0 Å². The Morgan fingerprint density at radius 2 is 2.33 bits per heavy atom. The Bertz CT molecular complexity index is 451. The van der Waals surface area contributed by atoms with Gasteiger partial charge in [0, 0.05) is 21.7 Å². The first kappa shape index (κ1) is 10.5. The van der Waals surface area contributed by atoms with Crippen molar-refractivity contribution in [3.05, 3.63) is 40.3 Å². The maximum absolute atomic E-state index is 5.71. The van der Waals surface area contributed by atoms with E-state index < -0.39 is 0 Å². The number of nitrogen functional groups attached to an aromatic ring is 1. The molecular weight excluding hydrogens is 224 g/mol. The molecule has 0 amide bonds. The summed E-state index contributed by atoms with van der Waals surface area (Å²) in [6.45, 7) is 2.02. The van der Waals surface area contributed by atoms with Gasteiger partial charge in [-0.15, -0.1) is 23.1 Å². The maximum Gasteiger partial charge on any atom is 0.103 e. The summed E-state index contributed by atoms with van der Waals surface area (Å²) in [6.07, 6.45) is 0. The van der Waals surface area contributed by atoms with Gasteiger partial charge in [0.2, 0.25) is 0 Å². The average Bonchev–Trinajstić information content (AvgIpc) is 2.62. The number of rotatable bonds is 3. The van der Waals surface area contributed by atoms with Gasteiger partial charge in [-0.25, -0.2) is 4.98 Å². The van der Waals surface area contributed by atoms with Crippen molar-refractivity contribution in [1.29, 1.82) is 0 Å². The van der Waals surface area contributed by atoms with E-state index in [0.29, 0.717) is 0 Å². The lowest BCUT2D eigenvalue weighted by atomic mass is 10.3. The second-order valence-electron chi connectivity index (χ2n) is 3.24. The first-order chi connectivity index (χ1) is 7.24. The number of aryl methyl sites for hydroxylation is 1. The van der Waals surface area contributed by atoms with Crippen molar-refractivity contribution in [3.8, 4) is 0 Å². The lowest BCUT2D eigenvalue weighted by Gasteiger charge is -2.00. The van der Waals surface area contributed by atoms with Gasteiger partial charge in [-0.3, -0.25) is 0 Å². The van der Waals surface area contributed by atoms with Gasteiger partial charge >= 0.3 is 0 Å². The van der Waals surface area contributed by atoms with Crippen molar-refractivity contribution in [2.75, 3.05) is 5.73 Å². The van der Waals surface area contributed by atoms with Gasteiger partial charge in [-0.05, 0) is 25.1 Å². The van der Waals surface area contributed by atoms with Crippen LogP contribution in [0.1, 0.15) is 10.7 Å². The van der Waals surface area contributed by atoms with Crippen LogP contribution in [0, 0.1) is 6.92 Å². The molecule has 0 aliphatic rings. The standard InChI is InChI=1S/C11H12N2S2/c1-8-6-15-11(13-8)7-14-10-4-2-3-9(12)5-10/h2-6H,7,12H2,1H3. The Morgan fingerprint density at radius 1 is 1.47 bits per heavy atom. The van der Waals surface area contributed by atoms with Crippen LogP contribution in [0.3, 0.4) is 0 Å². The molecule has 1 aromatic carbocycles. The zero-order valence-corrected chi connectivity index (χ0v) is 10.1. The van der Waals surface area contributed by atoms with Crippen molar-refractivity contribution in [1.82, 2.24) is 4.98 Å². The molecule has 1 heterocycles. The van der Waals surface area contributed by atoms with E-state index in [0.717, 1.165) is 17.1 Å². The number of aromatic nitrogens is 1. The van der Waals surface area contributed by atoms with E-state index in [-0.39, 0.29) is 0 Å². The molecule has 4 heteroatoms. The number of hydrogen-bond donors (Lipinski definition) is 1. The number of thioether (sulfide) groups is 1. The summed E-state index contributed by atoms with van der Waals surface area (Å²) >= 11 is 3.48. The third kappa shape index (κ3) is 2.97. The zero-order valence-electron chi connectivity index (χ0n) is 8.43. The number of nitrogens with two attached hydrogens (primary N) is 1. The van der Waals surface area contributed by atoms with E-state index in [9.17, 15) is 0 Å². The average molecular weight is 236 g/mol. The largest absolute Gasteiger partial charge is 0.399 e. The molecule has 0 saturated carbocycles. The number of benzene rings is 1. The second-order valence-corrected chi connectivity index (χ2v) is 5.24. The monoisotopic (exact) mass is 236 g/mol. The first-order valence-corrected chi connectivity index (χ1v) is 6.50. The molecule has 0 saturated heterocycles. The van der Waals surface area contributed by atoms with E-state index in [4.69, 9.17) is 5.73 Å². The SMILES string of the molecule is Cc1csc(CSc2cccc(N)c2)n1. The molecule has 0 atom stereocenters. The highest BCUT2D eigenvalue weighted by Gasteiger charge is 2.00. The molecule has 1 aromatic heterocycles. The van der Waals surface area contributed by atoms with Crippen LogP contribution in [0.25, 0.3) is 0 Å². The Morgan fingerprint density at radius 3 is 3.00 bits per heavy atom. The highest BCUT2D eigenvalue weighted by atomic mass is 32.2. The van der Waals surface area contributed by atoms with E-state index >= 15 is 0 Å². The minimum Gasteiger partial charge on any atom is -0.399 e. The Kier molecular flexibility index (Phi) is 3.28. The third-order valence-electron chi connectivity index (χ3n) is 1.89. The van der Waals surface area contributed by atoms with Gasteiger partial charge in [0.05, 0.1) is 5.75 Å². The summed E-state index contributed by atoms with van der Waals surface area (Å²) in [4.78, 5) is 5.61. The third-order valence-corrected chi connectivity index (χ3v) is 4.04. The molecule has 0 unspecified atom stereocenters. The number of thiazole rings is 1. The quantitative estimate of drug-likeness (QED) is 0.656. The summed E-state index contributed by atoms with van der Waals surface area (Å²) in [5.41, 5.74) is 7.62. The predicted octanol–water partition coefficient (Wildman–Crippen LogP) is 3.33. The first-order valence-electron chi connectivity index (χ1n) is 4.63. The van der Waals surface area contributed by atoms with Gasteiger partial charge in [-0.1, -0.05) is 6.07 Å². The summed E-state index contributed by atoms with van der Waals surface area (Å²) in [7, 11) is 0.